The largest absolute Gasteiger partial charge is 0.489 e. The molecule has 0 unspecified atom stereocenters. The average molecular weight is 527 g/mol. The minimum absolute atomic E-state index is 0.151. The van der Waals surface area contributed by atoms with Gasteiger partial charge in [-0.3, -0.25) is 14.3 Å². The van der Waals surface area contributed by atoms with Gasteiger partial charge in [0.05, 0.1) is 17.7 Å². The molecule has 8 nitrogen and oxygen atoms in total. The standard InChI is InChI=1S/C31H34N4O4/c1-32-28-12-15-34(31(37)38-18-17-33-13-5-6-14-33)21-27(28)26-10-9-24(19-29(26)32)35-16-11-25(20-30(35)36)39-22-23-7-3-2-4-8-23/h2-4,7-11,16,19-20H,5-6,12-15,17-18,21-22H2,1H3. The predicted molar refractivity (Wildman–Crippen MR) is 150 cm³/mol. The molecule has 2 aromatic heterocycles. The highest BCUT2D eigenvalue weighted by Gasteiger charge is 2.27. The molecule has 2 aliphatic heterocycles. The van der Waals surface area contributed by atoms with Crippen LogP contribution in [0, 0.1) is 0 Å². The molecule has 0 aliphatic carbocycles. The summed E-state index contributed by atoms with van der Waals surface area (Å²) in [5.74, 6) is 0.544. The van der Waals surface area contributed by atoms with Gasteiger partial charge in [-0.05, 0) is 49.7 Å². The maximum Gasteiger partial charge on any atom is 0.410 e. The Kier molecular flexibility index (Phi) is 7.11. The fourth-order valence-corrected chi connectivity index (χ4v) is 5.73. The summed E-state index contributed by atoms with van der Waals surface area (Å²) in [6.07, 6.45) is 4.75. The van der Waals surface area contributed by atoms with Crippen molar-refractivity contribution in [1.29, 1.82) is 0 Å². The number of fused-ring (bicyclic) bond motifs is 3. The van der Waals surface area contributed by atoms with Crippen molar-refractivity contribution in [2.24, 2.45) is 7.05 Å². The molecule has 0 atom stereocenters. The molecule has 0 bridgehead atoms. The lowest BCUT2D eigenvalue weighted by Gasteiger charge is -2.27. The van der Waals surface area contributed by atoms with Crippen LogP contribution in [0.5, 0.6) is 5.75 Å². The number of hydrogen-bond donors (Lipinski definition) is 0. The summed E-state index contributed by atoms with van der Waals surface area (Å²) in [6.45, 7) is 5.02. The third-order valence-electron chi connectivity index (χ3n) is 7.90. The van der Waals surface area contributed by atoms with Gasteiger partial charge in [0.2, 0.25) is 0 Å². The van der Waals surface area contributed by atoms with Crippen LogP contribution < -0.4 is 10.3 Å². The van der Waals surface area contributed by atoms with Crippen molar-refractivity contribution in [2.45, 2.75) is 32.4 Å². The van der Waals surface area contributed by atoms with Crippen molar-refractivity contribution < 1.29 is 14.3 Å². The number of ether oxygens (including phenoxy) is 2. The molecule has 1 amide bonds. The first-order valence-corrected chi connectivity index (χ1v) is 13.7. The lowest BCUT2D eigenvalue weighted by atomic mass is 10.0. The number of carbonyl (C=O) groups is 1. The van der Waals surface area contributed by atoms with E-state index in [0.717, 1.165) is 53.8 Å². The summed E-state index contributed by atoms with van der Waals surface area (Å²) in [6, 6.07) is 19.3. The van der Waals surface area contributed by atoms with E-state index in [1.807, 2.05) is 48.5 Å². The van der Waals surface area contributed by atoms with Crippen molar-refractivity contribution in [1.82, 2.24) is 18.9 Å². The van der Waals surface area contributed by atoms with E-state index in [2.05, 4.69) is 22.6 Å². The maximum atomic E-state index is 13.0. The highest BCUT2D eigenvalue weighted by atomic mass is 16.6. The minimum Gasteiger partial charge on any atom is -0.489 e. The number of hydrogen-bond acceptors (Lipinski definition) is 5. The fourth-order valence-electron chi connectivity index (χ4n) is 5.73. The van der Waals surface area contributed by atoms with Gasteiger partial charge in [0, 0.05) is 55.5 Å². The zero-order valence-electron chi connectivity index (χ0n) is 22.3. The maximum absolute atomic E-state index is 13.0. The monoisotopic (exact) mass is 526 g/mol. The van der Waals surface area contributed by atoms with E-state index >= 15 is 0 Å². The molecule has 4 aromatic rings. The molecule has 0 radical (unpaired) electrons. The Morgan fingerprint density at radius 3 is 2.59 bits per heavy atom. The molecule has 0 saturated carbocycles. The number of aryl methyl sites for hydroxylation is 1. The number of nitrogens with zero attached hydrogens (tertiary/aromatic N) is 4. The van der Waals surface area contributed by atoms with E-state index in [1.165, 1.54) is 24.6 Å². The lowest BCUT2D eigenvalue weighted by Crippen LogP contribution is -2.37. The van der Waals surface area contributed by atoms with Crippen LogP contribution in [0.25, 0.3) is 16.6 Å². The molecule has 39 heavy (non-hydrogen) atoms. The molecule has 4 heterocycles. The molecular formula is C31H34N4O4. The van der Waals surface area contributed by atoms with Gasteiger partial charge in [-0.15, -0.1) is 0 Å². The Hall–Kier alpha value is -4.04. The van der Waals surface area contributed by atoms with E-state index in [4.69, 9.17) is 9.47 Å². The molecule has 1 saturated heterocycles. The SMILES string of the molecule is Cn1c2c(c3ccc(-n4ccc(OCc5ccccc5)cc4=O)cc31)CN(C(=O)OCCN1CCCC1)CC2. The van der Waals surface area contributed by atoms with E-state index in [1.54, 1.807) is 15.7 Å². The third-order valence-corrected chi connectivity index (χ3v) is 7.90. The summed E-state index contributed by atoms with van der Waals surface area (Å²) < 4.78 is 15.3. The van der Waals surface area contributed by atoms with Crippen LogP contribution in [0.3, 0.4) is 0 Å². The van der Waals surface area contributed by atoms with Crippen LogP contribution in [0.15, 0.2) is 71.7 Å². The van der Waals surface area contributed by atoms with E-state index in [-0.39, 0.29) is 11.7 Å². The van der Waals surface area contributed by atoms with Crippen LogP contribution >= 0.6 is 0 Å². The molecule has 1 fully saturated rings. The number of amides is 1. The van der Waals surface area contributed by atoms with Crippen molar-refractivity contribution in [2.75, 3.05) is 32.8 Å². The number of pyridine rings is 1. The lowest BCUT2D eigenvalue weighted by molar-refractivity contribution is 0.0892. The third kappa shape index (κ3) is 5.29. The van der Waals surface area contributed by atoms with Gasteiger partial charge in [-0.1, -0.05) is 36.4 Å². The zero-order valence-corrected chi connectivity index (χ0v) is 22.3. The minimum atomic E-state index is -0.241. The van der Waals surface area contributed by atoms with Crippen LogP contribution in [0.1, 0.15) is 29.7 Å². The highest BCUT2D eigenvalue weighted by Crippen LogP contribution is 2.31. The second-order valence-electron chi connectivity index (χ2n) is 10.4. The Balaban J connectivity index is 1.16. The highest BCUT2D eigenvalue weighted by molar-refractivity contribution is 5.88. The van der Waals surface area contributed by atoms with Gasteiger partial charge in [0.1, 0.15) is 19.0 Å². The van der Waals surface area contributed by atoms with Gasteiger partial charge in [-0.2, -0.15) is 0 Å². The Morgan fingerprint density at radius 2 is 1.79 bits per heavy atom. The second-order valence-corrected chi connectivity index (χ2v) is 10.4. The van der Waals surface area contributed by atoms with Crippen molar-refractivity contribution in [3.05, 3.63) is 94.0 Å². The van der Waals surface area contributed by atoms with Crippen LogP contribution in [0.4, 0.5) is 4.79 Å². The first-order chi connectivity index (χ1) is 19.1. The first-order valence-electron chi connectivity index (χ1n) is 13.7. The summed E-state index contributed by atoms with van der Waals surface area (Å²) in [5.41, 5.74) is 5.10. The van der Waals surface area contributed by atoms with Crippen LogP contribution in [-0.4, -0.2) is 57.8 Å². The first kappa shape index (κ1) is 25.2. The van der Waals surface area contributed by atoms with Crippen LogP contribution in [0.2, 0.25) is 0 Å². The van der Waals surface area contributed by atoms with Gasteiger partial charge < -0.3 is 18.9 Å². The van der Waals surface area contributed by atoms with E-state index in [9.17, 15) is 9.59 Å². The Morgan fingerprint density at radius 1 is 0.974 bits per heavy atom. The summed E-state index contributed by atoms with van der Waals surface area (Å²) in [5, 5.41) is 1.10. The molecular weight excluding hydrogens is 492 g/mol. The van der Waals surface area contributed by atoms with Gasteiger partial charge in [0.15, 0.2) is 0 Å². The smallest absolute Gasteiger partial charge is 0.410 e. The van der Waals surface area contributed by atoms with Crippen molar-refractivity contribution in [3.63, 3.8) is 0 Å². The van der Waals surface area contributed by atoms with E-state index in [0.29, 0.717) is 32.1 Å². The quantitative estimate of drug-likeness (QED) is 0.355. The van der Waals surface area contributed by atoms with Gasteiger partial charge in [-0.25, -0.2) is 4.79 Å². The van der Waals surface area contributed by atoms with Crippen molar-refractivity contribution >= 4 is 17.0 Å². The normalized spacial score (nSPS) is 15.5. The molecule has 0 spiro atoms. The Labute approximate surface area is 228 Å². The summed E-state index contributed by atoms with van der Waals surface area (Å²) in [4.78, 5) is 29.9. The molecule has 0 N–H and O–H groups in total. The molecule has 2 aliphatic rings. The second kappa shape index (κ2) is 11.0. The van der Waals surface area contributed by atoms with Crippen LogP contribution in [-0.2, 0) is 31.4 Å². The number of aromatic nitrogens is 2. The number of rotatable bonds is 7. The van der Waals surface area contributed by atoms with Gasteiger partial charge >= 0.3 is 6.09 Å². The number of likely N-dealkylation sites (tertiary alicyclic amines) is 1. The number of carbonyl (C=O) groups excluding carboxylic acids is 1. The molecule has 2 aromatic carbocycles. The molecule has 6 rings (SSSR count). The Bertz CT molecular complexity index is 1540. The predicted octanol–water partition coefficient (Wildman–Crippen LogP) is 4.50. The molecule has 202 valence electrons. The number of benzene rings is 2. The zero-order chi connectivity index (χ0) is 26.8. The van der Waals surface area contributed by atoms with Crippen molar-refractivity contribution in [3.8, 4) is 11.4 Å². The fraction of sp³-hybridized carbons (Fsp3) is 0.355. The topological polar surface area (TPSA) is 68.9 Å². The summed E-state index contributed by atoms with van der Waals surface area (Å²) >= 11 is 0. The summed E-state index contributed by atoms with van der Waals surface area (Å²) in [7, 11) is 2.05. The average Bonchev–Trinajstić information content (AvgIpc) is 3.58. The van der Waals surface area contributed by atoms with Gasteiger partial charge in [0.25, 0.3) is 5.56 Å². The molecule has 8 heteroatoms. The van der Waals surface area contributed by atoms with E-state index < -0.39 is 0 Å².